The quantitative estimate of drug-likeness (QED) is 0.327. The molecular weight excluding hydrogens is 476 g/mol. The van der Waals surface area contributed by atoms with Crippen LogP contribution in [0.2, 0.25) is 0 Å². The summed E-state index contributed by atoms with van der Waals surface area (Å²) < 4.78 is 5.49. The van der Waals surface area contributed by atoms with E-state index in [1.807, 2.05) is 42.5 Å². The number of rotatable bonds is 8. The lowest BCUT2D eigenvalue weighted by Gasteiger charge is -2.42. The van der Waals surface area contributed by atoms with E-state index in [0.717, 1.165) is 37.2 Å². The third kappa shape index (κ3) is 5.57. The highest BCUT2D eigenvalue weighted by Crippen LogP contribution is 2.40. The van der Waals surface area contributed by atoms with Crippen LogP contribution >= 0.6 is 0 Å². The van der Waals surface area contributed by atoms with Crippen molar-refractivity contribution in [3.05, 3.63) is 114 Å². The van der Waals surface area contributed by atoms with Crippen LogP contribution < -0.4 is 15.0 Å². The largest absolute Gasteiger partial charge is 0.497 e. The molecule has 0 spiro atoms. The summed E-state index contributed by atoms with van der Waals surface area (Å²) in [5, 5.41) is 3.04. The maximum atomic E-state index is 13.5. The summed E-state index contributed by atoms with van der Waals surface area (Å²) >= 11 is 0. The summed E-state index contributed by atoms with van der Waals surface area (Å²) in [5.74, 6) is 1.30. The molecule has 1 aliphatic rings. The maximum Gasteiger partial charge on any atom is 0.225 e. The number of carbonyl (C=O) groups is 2. The van der Waals surface area contributed by atoms with Gasteiger partial charge in [-0.1, -0.05) is 54.6 Å². The summed E-state index contributed by atoms with van der Waals surface area (Å²) in [5.41, 5.74) is 2.46. The van der Waals surface area contributed by atoms with Crippen LogP contribution in [0.25, 0.3) is 0 Å². The van der Waals surface area contributed by atoms with Gasteiger partial charge in [0.05, 0.1) is 7.11 Å². The highest BCUT2D eigenvalue weighted by molar-refractivity contribution is 6.09. The van der Waals surface area contributed by atoms with E-state index in [1.165, 1.54) is 0 Å². The molecule has 1 amide bonds. The topological polar surface area (TPSA) is 84.4 Å². The lowest BCUT2D eigenvalue weighted by Crippen LogP contribution is -2.45. The van der Waals surface area contributed by atoms with E-state index in [-0.39, 0.29) is 17.1 Å². The van der Waals surface area contributed by atoms with E-state index in [1.54, 1.807) is 55.9 Å². The van der Waals surface area contributed by atoms with Gasteiger partial charge in [0.1, 0.15) is 5.75 Å². The highest BCUT2D eigenvalue weighted by atomic mass is 16.5. The van der Waals surface area contributed by atoms with Crippen LogP contribution in [-0.2, 0) is 10.2 Å². The molecule has 2 heterocycles. The van der Waals surface area contributed by atoms with Crippen LogP contribution in [0.5, 0.6) is 5.75 Å². The van der Waals surface area contributed by atoms with Crippen molar-refractivity contribution >= 4 is 23.3 Å². The van der Waals surface area contributed by atoms with Crippen molar-refractivity contribution in [3.63, 3.8) is 0 Å². The van der Waals surface area contributed by atoms with Crippen molar-refractivity contribution in [1.82, 2.24) is 9.97 Å². The second kappa shape index (κ2) is 11.3. The first kappa shape index (κ1) is 25.1. The van der Waals surface area contributed by atoms with Crippen LogP contribution in [0, 0.1) is 0 Å². The Bertz CT molecular complexity index is 1400. The zero-order valence-corrected chi connectivity index (χ0v) is 21.3. The smallest absolute Gasteiger partial charge is 0.225 e. The molecule has 0 radical (unpaired) electrons. The van der Waals surface area contributed by atoms with Crippen molar-refractivity contribution in [3.8, 4) is 5.75 Å². The number of ketones is 1. The summed E-state index contributed by atoms with van der Waals surface area (Å²) in [4.78, 5) is 37.3. The first-order valence-electron chi connectivity index (χ1n) is 12.7. The Morgan fingerprint density at radius 3 is 2.32 bits per heavy atom. The molecule has 1 aromatic heterocycles. The molecule has 0 aliphatic carbocycles. The number of amides is 1. The molecule has 1 aliphatic heterocycles. The summed E-state index contributed by atoms with van der Waals surface area (Å²) in [6, 6.07) is 26.0. The van der Waals surface area contributed by atoms with E-state index in [4.69, 9.17) is 4.74 Å². The lowest BCUT2D eigenvalue weighted by atomic mass is 9.70. The zero-order valence-electron chi connectivity index (χ0n) is 21.3. The SMILES string of the molecule is COc1cccc(C2(CC(=O)Nc3cccc(C(=O)c4ccccc4)c3)CCN(c3ncccn3)CC2)c1. The Labute approximate surface area is 222 Å². The molecule has 7 nitrogen and oxygen atoms in total. The Balaban J connectivity index is 1.35. The van der Waals surface area contributed by atoms with E-state index >= 15 is 0 Å². The molecule has 192 valence electrons. The van der Waals surface area contributed by atoms with Gasteiger partial charge in [0.25, 0.3) is 0 Å². The van der Waals surface area contributed by atoms with Crippen molar-refractivity contribution in [2.24, 2.45) is 0 Å². The number of ether oxygens (including phenoxy) is 1. The Hall–Kier alpha value is -4.52. The van der Waals surface area contributed by atoms with Crippen LogP contribution in [0.1, 0.15) is 40.7 Å². The second-order valence-electron chi connectivity index (χ2n) is 9.55. The van der Waals surface area contributed by atoms with Gasteiger partial charge in [-0.05, 0) is 48.7 Å². The summed E-state index contributed by atoms with van der Waals surface area (Å²) in [6.45, 7) is 1.46. The first-order valence-corrected chi connectivity index (χ1v) is 12.7. The molecule has 1 saturated heterocycles. The molecule has 4 aromatic rings. The summed E-state index contributed by atoms with van der Waals surface area (Å²) in [6.07, 6.45) is 5.32. The van der Waals surface area contributed by atoms with Gasteiger partial charge in [0, 0.05) is 54.1 Å². The minimum absolute atomic E-state index is 0.0787. The summed E-state index contributed by atoms with van der Waals surface area (Å²) in [7, 11) is 1.65. The van der Waals surface area contributed by atoms with Gasteiger partial charge in [0.2, 0.25) is 11.9 Å². The molecule has 0 bridgehead atoms. The molecular formula is C31H30N4O3. The van der Waals surface area contributed by atoms with E-state index in [2.05, 4.69) is 26.3 Å². The minimum Gasteiger partial charge on any atom is -0.497 e. The molecule has 38 heavy (non-hydrogen) atoms. The van der Waals surface area contributed by atoms with E-state index in [9.17, 15) is 9.59 Å². The van der Waals surface area contributed by atoms with Crippen molar-refractivity contribution in [2.75, 3.05) is 30.4 Å². The Kier molecular flexibility index (Phi) is 7.45. The predicted octanol–water partition coefficient (Wildman–Crippen LogP) is 5.28. The van der Waals surface area contributed by atoms with Crippen LogP contribution in [0.4, 0.5) is 11.6 Å². The van der Waals surface area contributed by atoms with Crippen LogP contribution in [0.15, 0.2) is 97.3 Å². The fraction of sp³-hybridized carbons (Fsp3) is 0.226. The number of carbonyl (C=O) groups excluding carboxylic acids is 2. The molecule has 3 aromatic carbocycles. The lowest BCUT2D eigenvalue weighted by molar-refractivity contribution is -0.117. The zero-order chi connectivity index (χ0) is 26.4. The van der Waals surface area contributed by atoms with Gasteiger partial charge in [-0.15, -0.1) is 0 Å². The van der Waals surface area contributed by atoms with Crippen molar-refractivity contribution < 1.29 is 14.3 Å². The standard InChI is InChI=1S/C31H30N4O3/c1-38-27-13-6-11-25(21-27)31(14-18-35(19-15-31)30-32-16-7-17-33-30)22-28(36)34-26-12-5-10-24(20-26)29(37)23-8-3-2-4-9-23/h2-13,16-17,20-21H,14-15,18-19,22H2,1H3,(H,34,36). The van der Waals surface area contributed by atoms with Crippen LogP contribution in [-0.4, -0.2) is 41.9 Å². The number of hydrogen-bond donors (Lipinski definition) is 1. The molecule has 1 fully saturated rings. The number of benzene rings is 3. The number of methoxy groups -OCH3 is 1. The highest BCUT2D eigenvalue weighted by Gasteiger charge is 2.39. The van der Waals surface area contributed by atoms with Gasteiger partial charge in [-0.3, -0.25) is 9.59 Å². The normalized spacial score (nSPS) is 14.5. The number of hydrogen-bond acceptors (Lipinski definition) is 6. The minimum atomic E-state index is -0.374. The Morgan fingerprint density at radius 2 is 1.58 bits per heavy atom. The first-order chi connectivity index (χ1) is 18.6. The fourth-order valence-electron chi connectivity index (χ4n) is 5.12. The van der Waals surface area contributed by atoms with Gasteiger partial charge in [0.15, 0.2) is 5.78 Å². The van der Waals surface area contributed by atoms with Gasteiger partial charge >= 0.3 is 0 Å². The fourth-order valence-corrected chi connectivity index (χ4v) is 5.12. The van der Waals surface area contributed by atoms with Crippen LogP contribution in [0.3, 0.4) is 0 Å². The number of aromatic nitrogens is 2. The van der Waals surface area contributed by atoms with Gasteiger partial charge in [-0.25, -0.2) is 9.97 Å². The molecule has 0 saturated carbocycles. The van der Waals surface area contributed by atoms with E-state index < -0.39 is 0 Å². The molecule has 7 heteroatoms. The van der Waals surface area contributed by atoms with E-state index in [0.29, 0.717) is 29.2 Å². The number of nitrogens with zero attached hydrogens (tertiary/aromatic N) is 3. The van der Waals surface area contributed by atoms with Gasteiger partial charge in [-0.2, -0.15) is 0 Å². The average molecular weight is 507 g/mol. The molecule has 0 unspecified atom stereocenters. The molecule has 5 rings (SSSR count). The maximum absolute atomic E-state index is 13.5. The average Bonchev–Trinajstić information content (AvgIpc) is 2.98. The third-order valence-electron chi connectivity index (χ3n) is 7.18. The number of anilines is 2. The van der Waals surface area contributed by atoms with Gasteiger partial charge < -0.3 is 15.0 Å². The van der Waals surface area contributed by atoms with Crippen molar-refractivity contribution in [2.45, 2.75) is 24.7 Å². The number of nitrogens with one attached hydrogen (secondary N) is 1. The molecule has 0 atom stereocenters. The third-order valence-corrected chi connectivity index (χ3v) is 7.18. The van der Waals surface area contributed by atoms with Crippen molar-refractivity contribution in [1.29, 1.82) is 0 Å². The monoisotopic (exact) mass is 506 g/mol. The second-order valence-corrected chi connectivity index (χ2v) is 9.55. The predicted molar refractivity (Wildman–Crippen MR) is 148 cm³/mol. The molecule has 1 N–H and O–H groups in total. The number of piperidine rings is 1. The Morgan fingerprint density at radius 1 is 0.868 bits per heavy atom.